The highest BCUT2D eigenvalue weighted by atomic mass is 32.1. The number of nitrogen functional groups attached to an aromatic ring is 1. The summed E-state index contributed by atoms with van der Waals surface area (Å²) in [6.45, 7) is 0.760. The van der Waals surface area contributed by atoms with Gasteiger partial charge in [0.15, 0.2) is 5.13 Å². The number of aromatic nitrogens is 1. The van der Waals surface area contributed by atoms with E-state index in [1.165, 1.54) is 11.3 Å². The Morgan fingerprint density at radius 1 is 1.43 bits per heavy atom. The molecule has 2 aromatic rings. The molecule has 3 rings (SSSR count). The average Bonchev–Trinajstić information content (AvgIpc) is 3.11. The Balaban J connectivity index is 1.61. The summed E-state index contributed by atoms with van der Waals surface area (Å²) in [5.74, 6) is -0.0416. The maximum absolute atomic E-state index is 11.9. The molecule has 0 aliphatic carbocycles. The Morgan fingerprint density at radius 3 is 2.95 bits per heavy atom. The third-order valence-corrected chi connectivity index (χ3v) is 4.15. The minimum Gasteiger partial charge on any atom is -0.399 e. The number of nitrogens with one attached hydrogen (secondary N) is 1. The van der Waals surface area contributed by atoms with E-state index >= 15 is 0 Å². The first-order chi connectivity index (χ1) is 10.2. The highest BCUT2D eigenvalue weighted by Crippen LogP contribution is 2.26. The van der Waals surface area contributed by atoms with Crippen LogP contribution in [-0.4, -0.2) is 23.6 Å². The second kappa shape index (κ2) is 6.24. The molecule has 0 radical (unpaired) electrons. The number of ether oxygens (including phenoxy) is 1. The van der Waals surface area contributed by atoms with E-state index < -0.39 is 0 Å². The Kier molecular flexibility index (Phi) is 4.17. The third kappa shape index (κ3) is 3.59. The summed E-state index contributed by atoms with van der Waals surface area (Å²) in [5.41, 5.74) is 8.21. The number of hydrogen-bond donors (Lipinski definition) is 2. The van der Waals surface area contributed by atoms with Crippen molar-refractivity contribution in [2.75, 3.05) is 17.7 Å². The minimum atomic E-state index is -0.0416. The fourth-order valence-electron chi connectivity index (χ4n) is 2.30. The van der Waals surface area contributed by atoms with Crippen LogP contribution >= 0.6 is 11.3 Å². The molecule has 3 N–H and O–H groups in total. The van der Waals surface area contributed by atoms with Crippen LogP contribution in [-0.2, 0) is 9.53 Å². The molecule has 1 unspecified atom stereocenters. The van der Waals surface area contributed by atoms with Crippen molar-refractivity contribution >= 4 is 28.1 Å². The molecule has 1 amide bonds. The van der Waals surface area contributed by atoms with E-state index in [-0.39, 0.29) is 12.0 Å². The monoisotopic (exact) mass is 303 g/mol. The Labute approximate surface area is 127 Å². The highest BCUT2D eigenvalue weighted by Gasteiger charge is 2.19. The molecule has 0 spiro atoms. The van der Waals surface area contributed by atoms with Gasteiger partial charge in [0.05, 0.1) is 18.2 Å². The van der Waals surface area contributed by atoms with Crippen LogP contribution in [0.5, 0.6) is 0 Å². The van der Waals surface area contributed by atoms with E-state index in [0.29, 0.717) is 11.6 Å². The largest absolute Gasteiger partial charge is 0.399 e. The second-order valence-corrected chi connectivity index (χ2v) is 5.91. The van der Waals surface area contributed by atoms with E-state index in [2.05, 4.69) is 10.3 Å². The summed E-state index contributed by atoms with van der Waals surface area (Å²) in [6.07, 6.45) is 2.46. The number of benzene rings is 1. The van der Waals surface area contributed by atoms with E-state index in [9.17, 15) is 4.79 Å². The van der Waals surface area contributed by atoms with Gasteiger partial charge in [0.25, 0.3) is 0 Å². The van der Waals surface area contributed by atoms with Crippen molar-refractivity contribution in [3.8, 4) is 11.3 Å². The maximum Gasteiger partial charge on any atom is 0.228 e. The molecule has 110 valence electrons. The minimum absolute atomic E-state index is 0.0416. The van der Waals surface area contributed by atoms with Gasteiger partial charge in [-0.3, -0.25) is 4.79 Å². The highest BCUT2D eigenvalue weighted by molar-refractivity contribution is 7.14. The van der Waals surface area contributed by atoms with E-state index in [0.717, 1.165) is 36.4 Å². The van der Waals surface area contributed by atoms with Crippen molar-refractivity contribution in [1.82, 2.24) is 4.98 Å². The van der Waals surface area contributed by atoms with Crippen molar-refractivity contribution in [3.05, 3.63) is 29.6 Å². The molecule has 1 aliphatic heterocycles. The summed E-state index contributed by atoms with van der Waals surface area (Å²) < 4.78 is 5.46. The molecular formula is C15H17N3O2S. The zero-order chi connectivity index (χ0) is 14.7. The summed E-state index contributed by atoms with van der Waals surface area (Å²) in [4.78, 5) is 16.3. The Hall–Kier alpha value is -1.92. The van der Waals surface area contributed by atoms with Crippen LogP contribution in [0.15, 0.2) is 29.6 Å². The first-order valence-electron chi connectivity index (χ1n) is 6.93. The number of thiazole rings is 1. The van der Waals surface area contributed by atoms with Crippen LogP contribution in [0.1, 0.15) is 19.3 Å². The number of rotatable bonds is 4. The van der Waals surface area contributed by atoms with Gasteiger partial charge in [0.1, 0.15) is 0 Å². The summed E-state index contributed by atoms with van der Waals surface area (Å²) in [7, 11) is 0. The molecule has 1 aromatic carbocycles. The molecule has 1 aliphatic rings. The zero-order valence-electron chi connectivity index (χ0n) is 11.5. The van der Waals surface area contributed by atoms with Gasteiger partial charge in [0, 0.05) is 23.2 Å². The van der Waals surface area contributed by atoms with Gasteiger partial charge in [-0.1, -0.05) is 12.1 Å². The Morgan fingerprint density at radius 2 is 2.24 bits per heavy atom. The summed E-state index contributed by atoms with van der Waals surface area (Å²) in [6, 6.07) is 7.51. The van der Waals surface area contributed by atoms with Crippen molar-refractivity contribution in [1.29, 1.82) is 0 Å². The first-order valence-corrected chi connectivity index (χ1v) is 7.81. The van der Waals surface area contributed by atoms with Gasteiger partial charge in [-0.05, 0) is 25.0 Å². The molecular weight excluding hydrogens is 286 g/mol. The SMILES string of the molecule is Nc1ccc(-c2csc(NC(=O)CC3CCCO3)n2)cc1. The average molecular weight is 303 g/mol. The maximum atomic E-state index is 11.9. The predicted octanol–water partition coefficient (Wildman–Crippen LogP) is 2.90. The number of nitrogens with zero attached hydrogens (tertiary/aromatic N) is 1. The predicted molar refractivity (Wildman–Crippen MR) is 84.2 cm³/mol. The molecule has 6 heteroatoms. The van der Waals surface area contributed by atoms with Gasteiger partial charge in [-0.2, -0.15) is 0 Å². The molecule has 0 saturated carbocycles. The van der Waals surface area contributed by atoms with Gasteiger partial charge in [-0.15, -0.1) is 11.3 Å². The van der Waals surface area contributed by atoms with E-state index in [4.69, 9.17) is 10.5 Å². The van der Waals surface area contributed by atoms with Crippen LogP contribution in [0.4, 0.5) is 10.8 Å². The molecule has 1 fully saturated rings. The fraction of sp³-hybridized carbons (Fsp3) is 0.333. The van der Waals surface area contributed by atoms with Crippen molar-refractivity contribution in [2.24, 2.45) is 0 Å². The summed E-state index contributed by atoms with van der Waals surface area (Å²) >= 11 is 1.42. The first kappa shape index (κ1) is 14.0. The van der Waals surface area contributed by atoms with Gasteiger partial charge >= 0.3 is 0 Å². The van der Waals surface area contributed by atoms with Crippen LogP contribution < -0.4 is 11.1 Å². The molecule has 1 aromatic heterocycles. The fourth-order valence-corrected chi connectivity index (χ4v) is 3.04. The molecule has 1 saturated heterocycles. The van der Waals surface area contributed by atoms with Crippen LogP contribution in [0.25, 0.3) is 11.3 Å². The van der Waals surface area contributed by atoms with Crippen molar-refractivity contribution in [2.45, 2.75) is 25.4 Å². The normalized spacial score (nSPS) is 17.8. The molecule has 5 nitrogen and oxygen atoms in total. The van der Waals surface area contributed by atoms with Gasteiger partial charge in [0.2, 0.25) is 5.91 Å². The van der Waals surface area contributed by atoms with Crippen molar-refractivity contribution < 1.29 is 9.53 Å². The molecule has 21 heavy (non-hydrogen) atoms. The van der Waals surface area contributed by atoms with Crippen LogP contribution in [0, 0.1) is 0 Å². The standard InChI is InChI=1S/C15H17N3O2S/c16-11-5-3-10(4-6-11)13-9-21-15(17-13)18-14(19)8-12-2-1-7-20-12/h3-6,9,12H,1-2,7-8,16H2,(H,17,18,19). The third-order valence-electron chi connectivity index (χ3n) is 3.39. The number of carbonyl (C=O) groups excluding carboxylic acids is 1. The lowest BCUT2D eigenvalue weighted by atomic mass is 10.1. The number of amides is 1. The number of nitrogens with two attached hydrogens (primary N) is 1. The lowest BCUT2D eigenvalue weighted by molar-refractivity contribution is -0.118. The van der Waals surface area contributed by atoms with Crippen LogP contribution in [0.3, 0.4) is 0 Å². The molecule has 2 heterocycles. The second-order valence-electron chi connectivity index (χ2n) is 5.05. The van der Waals surface area contributed by atoms with E-state index in [1.807, 2.05) is 29.6 Å². The number of anilines is 2. The topological polar surface area (TPSA) is 77.2 Å². The molecule has 1 atom stereocenters. The van der Waals surface area contributed by atoms with Crippen LogP contribution in [0.2, 0.25) is 0 Å². The zero-order valence-corrected chi connectivity index (χ0v) is 12.4. The number of hydrogen-bond acceptors (Lipinski definition) is 5. The lowest BCUT2D eigenvalue weighted by Gasteiger charge is -2.07. The Bertz CT molecular complexity index is 618. The number of carbonyl (C=O) groups is 1. The quantitative estimate of drug-likeness (QED) is 0.851. The summed E-state index contributed by atoms with van der Waals surface area (Å²) in [5, 5.41) is 5.37. The van der Waals surface area contributed by atoms with Crippen molar-refractivity contribution in [3.63, 3.8) is 0 Å². The van der Waals surface area contributed by atoms with Gasteiger partial charge < -0.3 is 15.8 Å². The smallest absolute Gasteiger partial charge is 0.228 e. The van der Waals surface area contributed by atoms with E-state index in [1.54, 1.807) is 0 Å². The lowest BCUT2D eigenvalue weighted by Crippen LogP contribution is -2.19. The van der Waals surface area contributed by atoms with Gasteiger partial charge in [-0.25, -0.2) is 4.98 Å². The molecule has 0 bridgehead atoms.